The zero-order valence-electron chi connectivity index (χ0n) is 10.7. The number of likely N-dealkylation sites (tertiary alicyclic amines) is 1. The average Bonchev–Trinajstić information content (AvgIpc) is 2.50. The Bertz CT molecular complexity index is 318. The van der Waals surface area contributed by atoms with Crippen LogP contribution < -0.4 is 0 Å². The van der Waals surface area contributed by atoms with Crippen LogP contribution in [0.15, 0.2) is 0 Å². The molecule has 2 rings (SSSR count). The Morgan fingerprint density at radius 3 is 2.22 bits per heavy atom. The summed E-state index contributed by atoms with van der Waals surface area (Å²) in [4.78, 5) is 15.9. The number of nitrogens with zero attached hydrogens (tertiary/aromatic N) is 2. The number of carbonyl (C=O) groups excluding carboxylic acids is 1. The lowest BCUT2D eigenvalue weighted by Crippen LogP contribution is -2.55. The number of hydrogen-bond donors (Lipinski definition) is 0. The molecule has 104 valence electrons. The molecule has 3 unspecified atom stereocenters. The molecule has 0 aromatic carbocycles. The molecular formula is C12H19F3N2O. The summed E-state index contributed by atoms with van der Waals surface area (Å²) in [6.07, 6.45) is -2.86. The molecule has 0 aromatic heterocycles. The Hall–Kier alpha value is -0.780. The van der Waals surface area contributed by atoms with Crippen molar-refractivity contribution in [3.05, 3.63) is 0 Å². The van der Waals surface area contributed by atoms with E-state index in [0.717, 1.165) is 32.9 Å². The lowest BCUT2D eigenvalue weighted by atomic mass is 10.1. The van der Waals surface area contributed by atoms with Gasteiger partial charge in [0, 0.05) is 31.6 Å². The van der Waals surface area contributed by atoms with Crippen LogP contribution in [0.4, 0.5) is 13.2 Å². The second-order valence-electron chi connectivity index (χ2n) is 5.55. The van der Waals surface area contributed by atoms with Crippen molar-refractivity contribution in [2.24, 2.45) is 5.92 Å². The van der Waals surface area contributed by atoms with Crippen molar-refractivity contribution < 1.29 is 18.0 Å². The van der Waals surface area contributed by atoms with Gasteiger partial charge in [-0.25, -0.2) is 0 Å². The summed E-state index contributed by atoms with van der Waals surface area (Å²) >= 11 is 0. The van der Waals surface area contributed by atoms with E-state index in [1.165, 1.54) is 0 Å². The van der Waals surface area contributed by atoms with Gasteiger partial charge >= 0.3 is 6.18 Å². The Morgan fingerprint density at radius 2 is 1.78 bits per heavy atom. The van der Waals surface area contributed by atoms with Gasteiger partial charge < -0.3 is 9.80 Å². The lowest BCUT2D eigenvalue weighted by molar-refractivity contribution is -0.177. The summed E-state index contributed by atoms with van der Waals surface area (Å²) in [5.74, 6) is -1.88. The Labute approximate surface area is 105 Å². The minimum absolute atomic E-state index is 0.113. The topological polar surface area (TPSA) is 23.6 Å². The minimum Gasteiger partial charge on any atom is -0.334 e. The zero-order chi connectivity index (χ0) is 13.5. The fourth-order valence-electron chi connectivity index (χ4n) is 3.00. The van der Waals surface area contributed by atoms with Crippen LogP contribution in [0.5, 0.6) is 0 Å². The number of amides is 1. The van der Waals surface area contributed by atoms with Gasteiger partial charge in [-0.15, -0.1) is 0 Å². The van der Waals surface area contributed by atoms with Crippen molar-refractivity contribution in [3.8, 4) is 0 Å². The maximum absolute atomic E-state index is 12.5. The first-order chi connectivity index (χ1) is 8.29. The van der Waals surface area contributed by atoms with Gasteiger partial charge in [-0.1, -0.05) is 6.92 Å². The quantitative estimate of drug-likeness (QED) is 0.760. The zero-order valence-corrected chi connectivity index (χ0v) is 10.7. The third-order valence-corrected chi connectivity index (χ3v) is 3.99. The van der Waals surface area contributed by atoms with Crippen LogP contribution in [0.25, 0.3) is 0 Å². The van der Waals surface area contributed by atoms with Crippen molar-refractivity contribution in [3.63, 3.8) is 0 Å². The van der Waals surface area contributed by atoms with E-state index < -0.39 is 18.5 Å². The number of carbonyl (C=O) groups is 1. The number of rotatable bonds is 2. The van der Waals surface area contributed by atoms with E-state index >= 15 is 0 Å². The first-order valence-corrected chi connectivity index (χ1v) is 6.35. The van der Waals surface area contributed by atoms with Crippen molar-refractivity contribution >= 4 is 5.91 Å². The summed E-state index contributed by atoms with van der Waals surface area (Å²) in [5, 5.41) is 0. The maximum atomic E-state index is 12.5. The molecule has 0 saturated carbocycles. The van der Waals surface area contributed by atoms with E-state index in [0.29, 0.717) is 0 Å². The SMILES string of the molecule is CC(CC(=O)N1C2CCC1CN(C)C2)C(F)(F)F. The van der Waals surface area contributed by atoms with E-state index in [1.807, 2.05) is 7.05 Å². The van der Waals surface area contributed by atoms with Crippen LogP contribution in [0.1, 0.15) is 26.2 Å². The summed E-state index contributed by atoms with van der Waals surface area (Å²) in [5.41, 5.74) is 0. The van der Waals surface area contributed by atoms with Crippen molar-refractivity contribution in [2.45, 2.75) is 44.4 Å². The molecule has 3 atom stereocenters. The molecule has 2 fully saturated rings. The second-order valence-corrected chi connectivity index (χ2v) is 5.55. The molecule has 18 heavy (non-hydrogen) atoms. The molecule has 0 N–H and O–H groups in total. The minimum atomic E-state index is -4.28. The summed E-state index contributed by atoms with van der Waals surface area (Å²) in [6, 6.07) is 0.225. The molecule has 3 nitrogen and oxygen atoms in total. The van der Waals surface area contributed by atoms with Crippen molar-refractivity contribution in [1.82, 2.24) is 9.80 Å². The molecule has 2 saturated heterocycles. The van der Waals surface area contributed by atoms with Crippen molar-refractivity contribution in [2.75, 3.05) is 20.1 Å². The van der Waals surface area contributed by atoms with Crippen LogP contribution in [0.3, 0.4) is 0 Å². The normalized spacial score (nSPS) is 30.6. The summed E-state index contributed by atoms with van der Waals surface area (Å²) < 4.78 is 37.4. The molecule has 1 amide bonds. The highest BCUT2D eigenvalue weighted by atomic mass is 19.4. The highest BCUT2D eigenvalue weighted by molar-refractivity contribution is 5.77. The molecule has 2 aliphatic rings. The number of likely N-dealkylation sites (N-methyl/N-ethyl adjacent to an activating group) is 1. The predicted molar refractivity (Wildman–Crippen MR) is 61.0 cm³/mol. The number of alkyl halides is 3. The molecule has 0 aliphatic carbocycles. The number of fused-ring (bicyclic) bond motifs is 2. The van der Waals surface area contributed by atoms with Crippen LogP contribution in [-0.2, 0) is 4.79 Å². The van der Waals surface area contributed by atoms with Crippen LogP contribution in [0.2, 0.25) is 0 Å². The molecule has 0 radical (unpaired) electrons. The number of piperazine rings is 1. The monoisotopic (exact) mass is 264 g/mol. The third-order valence-electron chi connectivity index (χ3n) is 3.99. The van der Waals surface area contributed by atoms with Gasteiger partial charge in [0.25, 0.3) is 0 Å². The molecule has 6 heteroatoms. The Balaban J connectivity index is 1.98. The second kappa shape index (κ2) is 4.72. The predicted octanol–water partition coefficient (Wildman–Crippen LogP) is 1.88. The largest absolute Gasteiger partial charge is 0.392 e. The van der Waals surface area contributed by atoms with Gasteiger partial charge in [-0.2, -0.15) is 13.2 Å². The smallest absolute Gasteiger partial charge is 0.334 e. The van der Waals surface area contributed by atoms with E-state index in [1.54, 1.807) is 4.90 Å². The van der Waals surface area contributed by atoms with Gasteiger partial charge in [0.1, 0.15) is 0 Å². The summed E-state index contributed by atoms with van der Waals surface area (Å²) in [7, 11) is 1.99. The van der Waals surface area contributed by atoms with Crippen molar-refractivity contribution in [1.29, 1.82) is 0 Å². The Morgan fingerprint density at radius 1 is 1.28 bits per heavy atom. The molecular weight excluding hydrogens is 245 g/mol. The fourth-order valence-corrected chi connectivity index (χ4v) is 3.00. The van der Waals surface area contributed by atoms with Gasteiger partial charge in [-0.3, -0.25) is 4.79 Å². The summed E-state index contributed by atoms with van der Waals surface area (Å²) in [6.45, 7) is 2.64. The van der Waals surface area contributed by atoms with E-state index in [4.69, 9.17) is 0 Å². The highest BCUT2D eigenvalue weighted by Gasteiger charge is 2.44. The third kappa shape index (κ3) is 2.63. The number of halogens is 3. The molecule has 0 aromatic rings. The highest BCUT2D eigenvalue weighted by Crippen LogP contribution is 2.33. The van der Waals surface area contributed by atoms with Gasteiger partial charge in [-0.05, 0) is 19.9 Å². The van der Waals surface area contributed by atoms with E-state index in [9.17, 15) is 18.0 Å². The van der Waals surface area contributed by atoms with Crippen LogP contribution in [-0.4, -0.2) is 54.1 Å². The lowest BCUT2D eigenvalue weighted by Gasteiger charge is -2.40. The van der Waals surface area contributed by atoms with E-state index in [-0.39, 0.29) is 18.0 Å². The Kier molecular flexibility index (Phi) is 3.58. The van der Waals surface area contributed by atoms with Gasteiger partial charge in [0.15, 0.2) is 0 Å². The van der Waals surface area contributed by atoms with Crippen LogP contribution >= 0.6 is 0 Å². The van der Waals surface area contributed by atoms with E-state index in [2.05, 4.69) is 4.90 Å². The average molecular weight is 264 g/mol. The first-order valence-electron chi connectivity index (χ1n) is 6.35. The molecule has 2 heterocycles. The molecule has 2 aliphatic heterocycles. The van der Waals surface area contributed by atoms with Gasteiger partial charge in [0.2, 0.25) is 5.91 Å². The fraction of sp³-hybridized carbons (Fsp3) is 0.917. The van der Waals surface area contributed by atoms with Crippen LogP contribution in [0, 0.1) is 5.92 Å². The molecule has 0 spiro atoms. The standard InChI is InChI=1S/C12H19F3N2O/c1-8(12(13,14)15)5-11(18)17-9-3-4-10(17)7-16(2)6-9/h8-10H,3-7H2,1-2H3. The van der Waals surface area contributed by atoms with Gasteiger partial charge in [0.05, 0.1) is 5.92 Å². The maximum Gasteiger partial charge on any atom is 0.392 e. The number of hydrogen-bond acceptors (Lipinski definition) is 2. The first kappa shape index (κ1) is 13.6. The molecule has 2 bridgehead atoms.